The summed E-state index contributed by atoms with van der Waals surface area (Å²) in [7, 11) is 0. The Morgan fingerprint density at radius 3 is 1.45 bits per heavy atom. The molecule has 2 atom stereocenters. The summed E-state index contributed by atoms with van der Waals surface area (Å²) in [4.78, 5) is 17.8. The summed E-state index contributed by atoms with van der Waals surface area (Å²) in [5.41, 5.74) is 5.50. The Labute approximate surface area is 422 Å². The van der Waals surface area contributed by atoms with E-state index in [2.05, 4.69) is 4.98 Å². The van der Waals surface area contributed by atoms with Crippen molar-refractivity contribution >= 4 is 16.9 Å². The quantitative estimate of drug-likeness (QED) is 0.151. The predicted octanol–water partition coefficient (Wildman–Crippen LogP) is 14.4. The van der Waals surface area contributed by atoms with Crippen LogP contribution in [0.4, 0.5) is 0 Å². The number of hydrogen-bond acceptors (Lipinski definition) is 7. The van der Waals surface area contributed by atoms with E-state index in [0.29, 0.717) is 22.9 Å². The molecular weight excluding hydrogens is 926 g/mol. The third-order valence-electron chi connectivity index (χ3n) is 8.16. The van der Waals surface area contributed by atoms with E-state index < -0.39 is 12.2 Å². The Hall–Kier alpha value is -4.33. The van der Waals surface area contributed by atoms with Crippen LogP contribution < -0.4 is 9.47 Å². The Balaban J connectivity index is -0.000000905. The van der Waals surface area contributed by atoms with Crippen LogP contribution in [0.5, 0.6) is 28.7 Å². The second-order valence-corrected chi connectivity index (χ2v) is 11.7. The molecule has 0 unspecified atom stereocenters. The molecular formula is C52H66N2O6Y2-2. The number of phenolic OH excluding ortho intramolecular Hbond substituents is 3. The Kier molecular flexibility index (Phi) is 32.3. The van der Waals surface area contributed by atoms with Crippen molar-refractivity contribution in [1.29, 1.82) is 0 Å². The fourth-order valence-electron chi connectivity index (χ4n) is 5.91. The molecule has 0 fully saturated rings. The summed E-state index contributed by atoms with van der Waals surface area (Å²) < 4.78 is 13.9. The number of aryl methyl sites for hydroxylation is 1. The smallest absolute Gasteiger partial charge is 0.264 e. The van der Waals surface area contributed by atoms with Crippen LogP contribution in [-0.2, 0) is 65.4 Å². The van der Waals surface area contributed by atoms with Gasteiger partial charge in [0.25, 0.3) is 5.91 Å². The summed E-state index contributed by atoms with van der Waals surface area (Å²) in [5.74, 6) is 2.09. The molecule has 2 radical (unpaired) electrons. The number of hydrogen-bond donors (Lipinski definition) is 3. The second kappa shape index (κ2) is 32.4. The molecule has 2 heterocycles. The summed E-state index contributed by atoms with van der Waals surface area (Å²) in [5, 5.41) is 29.3. The number of nitrogens with zero attached hydrogens (tertiary/aromatic N) is 2. The first kappa shape index (κ1) is 62.0. The average molecular weight is 993 g/mol. The molecule has 8 nitrogen and oxygen atoms in total. The number of phenols is 3. The van der Waals surface area contributed by atoms with Crippen molar-refractivity contribution < 1.29 is 95.0 Å². The average Bonchev–Trinajstić information content (AvgIpc) is 3.66. The van der Waals surface area contributed by atoms with Crippen LogP contribution >= 0.6 is 0 Å². The molecule has 8 rings (SSSR count). The van der Waals surface area contributed by atoms with Gasteiger partial charge in [0.2, 0.25) is 0 Å². The molecule has 1 aliphatic heterocycles. The number of ether oxygens (including phenoxy) is 2. The van der Waals surface area contributed by atoms with E-state index in [4.69, 9.17) is 9.47 Å². The molecule has 0 saturated carbocycles. The van der Waals surface area contributed by atoms with Gasteiger partial charge in [0.1, 0.15) is 23.1 Å². The normalized spacial score (nSPS) is 12.1. The number of imidazole rings is 1. The molecule has 0 amide bonds. The van der Waals surface area contributed by atoms with Gasteiger partial charge in [-0.05, 0) is 79.7 Å². The molecule has 7 aromatic rings. The number of aromatic hydroxyl groups is 3. The van der Waals surface area contributed by atoms with Crippen molar-refractivity contribution in [2.24, 2.45) is 0 Å². The van der Waals surface area contributed by atoms with Crippen molar-refractivity contribution in [3.05, 3.63) is 183 Å². The van der Waals surface area contributed by atoms with Crippen LogP contribution in [0.3, 0.4) is 0 Å². The summed E-state index contributed by atoms with van der Waals surface area (Å²) >= 11 is 0. The molecule has 6 aromatic carbocycles. The maximum atomic E-state index is 13.2. The minimum absolute atomic E-state index is 0. The van der Waals surface area contributed by atoms with Gasteiger partial charge in [-0.1, -0.05) is 141 Å². The minimum Gasteiger partial charge on any atom is -0.508 e. The van der Waals surface area contributed by atoms with Gasteiger partial charge in [-0.15, -0.1) is 0 Å². The maximum Gasteiger partial charge on any atom is 0.264 e. The monoisotopic (exact) mass is 992 g/mol. The number of rotatable bonds is 4. The minimum atomic E-state index is -0.436. The van der Waals surface area contributed by atoms with Crippen molar-refractivity contribution in [1.82, 2.24) is 9.55 Å². The van der Waals surface area contributed by atoms with Crippen LogP contribution in [0.15, 0.2) is 146 Å². The van der Waals surface area contributed by atoms with Crippen molar-refractivity contribution in [2.45, 2.75) is 81.9 Å². The molecule has 3 N–H and O–H groups in total. The molecule has 1 aliphatic rings. The van der Waals surface area contributed by atoms with E-state index in [1.165, 1.54) is 6.07 Å². The van der Waals surface area contributed by atoms with Gasteiger partial charge in [0.15, 0.2) is 23.7 Å². The van der Waals surface area contributed by atoms with Gasteiger partial charge in [-0.25, -0.2) is 4.98 Å². The zero-order valence-corrected chi connectivity index (χ0v) is 43.3. The van der Waals surface area contributed by atoms with Crippen molar-refractivity contribution in [3.63, 3.8) is 0 Å². The molecule has 1 aromatic heterocycles. The van der Waals surface area contributed by atoms with Crippen LogP contribution in [-0.4, -0.2) is 30.8 Å². The van der Waals surface area contributed by atoms with E-state index in [-0.39, 0.29) is 111 Å². The summed E-state index contributed by atoms with van der Waals surface area (Å²) in [6.07, 6.45) is -0.873. The Morgan fingerprint density at radius 1 is 0.548 bits per heavy atom. The van der Waals surface area contributed by atoms with Gasteiger partial charge < -0.3 is 39.6 Å². The van der Waals surface area contributed by atoms with Crippen LogP contribution in [0.25, 0.3) is 22.4 Å². The maximum absolute atomic E-state index is 13.2. The fraction of sp³-hybridized carbons (Fsp3) is 0.231. The zero-order valence-electron chi connectivity index (χ0n) is 37.6. The number of fused-ring (bicyclic) bond motifs is 2. The van der Waals surface area contributed by atoms with Gasteiger partial charge in [0, 0.05) is 87.7 Å². The third kappa shape index (κ3) is 16.1. The molecule has 62 heavy (non-hydrogen) atoms. The standard InChI is InChI=1S/C21H16N2O2.C20H16O4.4C2H6.CH4.2CH3.2Y/c1-14-6-4-7-15(12-14)20-22-18-10-2-3-11-19(18)23(20)21(25)16-8-5-9-17(24)13-16;21-15-7-3-5-13(11-15)19-20(14-6-4-8-16(22)12-14)24-18-10-2-1-9-17(18)23-19;4*1-2;;;;;/h2-13,24H,1H3;1-12,19-22H;4*1-2H3;1H4;2*1H3;;/q;;;;;;;2*-1;;/t;19-,20-;;;;;;;;;/m.0........./s1. The summed E-state index contributed by atoms with van der Waals surface area (Å²) in [6, 6.07) is 43.2. The number of carbonyl (C=O) groups is 1. The first-order chi connectivity index (χ1) is 27.8. The molecule has 0 spiro atoms. The largest absolute Gasteiger partial charge is 0.508 e. The van der Waals surface area contributed by atoms with Crippen LogP contribution in [0, 0.1) is 21.8 Å². The van der Waals surface area contributed by atoms with Crippen molar-refractivity contribution in [3.8, 4) is 40.1 Å². The predicted molar refractivity (Wildman–Crippen MR) is 252 cm³/mol. The molecule has 0 aliphatic carbocycles. The first-order valence-electron chi connectivity index (χ1n) is 19.7. The van der Waals surface area contributed by atoms with Gasteiger partial charge in [-0.2, -0.15) is 0 Å². The number of carbonyl (C=O) groups excluding carboxylic acids is 1. The second-order valence-electron chi connectivity index (χ2n) is 11.7. The first-order valence-corrected chi connectivity index (χ1v) is 19.7. The van der Waals surface area contributed by atoms with Crippen LogP contribution in [0.1, 0.15) is 102 Å². The zero-order chi connectivity index (χ0) is 41.9. The fourth-order valence-corrected chi connectivity index (χ4v) is 5.91. The van der Waals surface area contributed by atoms with E-state index >= 15 is 0 Å². The molecule has 10 heteroatoms. The summed E-state index contributed by atoms with van der Waals surface area (Å²) in [6.45, 7) is 18.0. The Bertz CT molecular complexity index is 2240. The van der Waals surface area contributed by atoms with Gasteiger partial charge >= 0.3 is 0 Å². The number of para-hydroxylation sites is 4. The number of benzene rings is 6. The van der Waals surface area contributed by atoms with Crippen molar-refractivity contribution in [2.75, 3.05) is 0 Å². The van der Waals surface area contributed by atoms with E-state index in [9.17, 15) is 20.1 Å². The van der Waals surface area contributed by atoms with Gasteiger partial charge in [-0.3, -0.25) is 9.36 Å². The topological polar surface area (TPSA) is 114 Å². The van der Waals surface area contributed by atoms with E-state index in [0.717, 1.165) is 33.3 Å². The van der Waals surface area contributed by atoms with E-state index in [1.54, 1.807) is 59.2 Å². The number of aromatic nitrogens is 2. The SMILES string of the molecule is C.CC.CC.CC.CC.Cc1cccc(-c2nc3ccccc3n2C(=O)c2cccc(O)c2)c1.Oc1cccc([C@@H]2Oc3ccccc3O[C@H]2c2cccc(O)c2)c1.[CH3-].[CH3-].[Y].[Y]. The Morgan fingerprint density at radius 2 is 0.984 bits per heavy atom. The van der Waals surface area contributed by atoms with E-state index in [1.807, 2.05) is 147 Å². The third-order valence-corrected chi connectivity index (χ3v) is 8.16. The van der Waals surface area contributed by atoms with Gasteiger partial charge in [0.05, 0.1) is 11.0 Å². The molecule has 328 valence electrons. The molecule has 0 saturated heterocycles. The molecule has 0 bridgehead atoms. The van der Waals surface area contributed by atoms with Crippen LogP contribution in [0.2, 0.25) is 0 Å².